The van der Waals surface area contributed by atoms with E-state index in [0.29, 0.717) is 36.0 Å². The molecule has 0 radical (unpaired) electrons. The SMILES string of the molecule is COC(=O)c1ccc(Cl)c(NC(=O)C2COCCN2)c1. The highest BCUT2D eigenvalue weighted by Crippen LogP contribution is 2.23. The number of carbonyl (C=O) groups is 2. The minimum Gasteiger partial charge on any atom is -0.465 e. The molecule has 0 bridgehead atoms. The molecule has 1 aliphatic heterocycles. The lowest BCUT2D eigenvalue weighted by molar-refractivity contribution is -0.120. The molecule has 0 aliphatic carbocycles. The Kier molecular flexibility index (Phi) is 4.94. The number of morpholine rings is 1. The first-order chi connectivity index (χ1) is 9.61. The summed E-state index contributed by atoms with van der Waals surface area (Å²) in [5.41, 5.74) is 0.687. The number of hydrogen-bond donors (Lipinski definition) is 2. The molecule has 2 rings (SSSR count). The molecular formula is C13H15ClN2O4. The Labute approximate surface area is 121 Å². The standard InChI is InChI=1S/C13H15ClN2O4/c1-19-13(18)8-2-3-9(14)10(6-8)16-12(17)11-7-20-5-4-15-11/h2-3,6,11,15H,4-5,7H2,1H3,(H,16,17). The van der Waals surface area contributed by atoms with Crippen LogP contribution in [0.3, 0.4) is 0 Å². The second-order valence-corrected chi connectivity index (χ2v) is 4.66. The van der Waals surface area contributed by atoms with Crippen molar-refractivity contribution in [1.29, 1.82) is 0 Å². The molecule has 1 aromatic carbocycles. The molecule has 1 heterocycles. The molecule has 2 N–H and O–H groups in total. The summed E-state index contributed by atoms with van der Waals surface area (Å²) in [6.07, 6.45) is 0. The number of methoxy groups -OCH3 is 1. The number of halogens is 1. The molecule has 20 heavy (non-hydrogen) atoms. The summed E-state index contributed by atoms with van der Waals surface area (Å²) in [5, 5.41) is 6.06. The molecule has 108 valence electrons. The van der Waals surface area contributed by atoms with Crippen molar-refractivity contribution in [1.82, 2.24) is 5.32 Å². The molecular weight excluding hydrogens is 284 g/mol. The van der Waals surface area contributed by atoms with Crippen molar-refractivity contribution >= 4 is 29.2 Å². The summed E-state index contributed by atoms with van der Waals surface area (Å²) in [6, 6.07) is 4.12. The van der Waals surface area contributed by atoms with Gasteiger partial charge in [-0.05, 0) is 18.2 Å². The van der Waals surface area contributed by atoms with Gasteiger partial charge in [-0.3, -0.25) is 4.79 Å². The van der Waals surface area contributed by atoms with E-state index in [4.69, 9.17) is 16.3 Å². The Bertz CT molecular complexity index is 515. The maximum atomic E-state index is 12.0. The summed E-state index contributed by atoms with van der Waals surface area (Å²) in [4.78, 5) is 23.5. The predicted octanol–water partition coefficient (Wildman–Crippen LogP) is 1.05. The third kappa shape index (κ3) is 3.47. The van der Waals surface area contributed by atoms with E-state index in [0.717, 1.165) is 0 Å². The van der Waals surface area contributed by atoms with Crippen molar-refractivity contribution in [3.8, 4) is 0 Å². The van der Waals surface area contributed by atoms with Gasteiger partial charge in [0.1, 0.15) is 6.04 Å². The van der Waals surface area contributed by atoms with E-state index in [9.17, 15) is 9.59 Å². The summed E-state index contributed by atoms with van der Waals surface area (Å²) < 4.78 is 9.85. The van der Waals surface area contributed by atoms with E-state index >= 15 is 0 Å². The Morgan fingerprint density at radius 1 is 1.50 bits per heavy atom. The van der Waals surface area contributed by atoms with E-state index < -0.39 is 12.0 Å². The molecule has 1 aromatic rings. The third-order valence-corrected chi connectivity index (χ3v) is 3.21. The average molecular weight is 299 g/mol. The van der Waals surface area contributed by atoms with E-state index in [-0.39, 0.29) is 5.91 Å². The average Bonchev–Trinajstić information content (AvgIpc) is 2.49. The minimum absolute atomic E-state index is 0.256. The molecule has 1 atom stereocenters. The van der Waals surface area contributed by atoms with Gasteiger partial charge >= 0.3 is 5.97 Å². The van der Waals surface area contributed by atoms with E-state index in [1.54, 1.807) is 0 Å². The van der Waals surface area contributed by atoms with Crippen LogP contribution < -0.4 is 10.6 Å². The minimum atomic E-state index is -0.490. The summed E-state index contributed by atoms with van der Waals surface area (Å²) in [7, 11) is 1.29. The number of carbonyl (C=O) groups excluding carboxylic acids is 2. The van der Waals surface area contributed by atoms with Crippen LogP contribution in [0, 0.1) is 0 Å². The van der Waals surface area contributed by atoms with Crippen LogP contribution in [-0.4, -0.2) is 44.8 Å². The molecule has 1 aliphatic rings. The highest BCUT2D eigenvalue weighted by Gasteiger charge is 2.22. The molecule has 0 spiro atoms. The first kappa shape index (κ1) is 14.8. The van der Waals surface area contributed by atoms with Crippen LogP contribution in [0.1, 0.15) is 10.4 Å². The molecule has 1 unspecified atom stereocenters. The van der Waals surface area contributed by atoms with Crippen LogP contribution in [0.15, 0.2) is 18.2 Å². The summed E-state index contributed by atoms with van der Waals surface area (Å²) >= 11 is 6.01. The van der Waals surface area contributed by atoms with Crippen molar-refractivity contribution in [3.05, 3.63) is 28.8 Å². The Morgan fingerprint density at radius 3 is 2.95 bits per heavy atom. The zero-order valence-electron chi connectivity index (χ0n) is 10.9. The first-order valence-electron chi connectivity index (χ1n) is 6.11. The quantitative estimate of drug-likeness (QED) is 0.816. The van der Waals surface area contributed by atoms with E-state index in [1.807, 2.05) is 0 Å². The lowest BCUT2D eigenvalue weighted by Crippen LogP contribution is -2.48. The summed E-state index contributed by atoms with van der Waals surface area (Å²) in [5.74, 6) is -0.745. The van der Waals surface area contributed by atoms with E-state index in [1.165, 1.54) is 25.3 Å². The number of nitrogens with one attached hydrogen (secondary N) is 2. The lowest BCUT2D eigenvalue weighted by atomic mass is 10.2. The van der Waals surface area contributed by atoms with Gasteiger partial charge in [0.25, 0.3) is 0 Å². The van der Waals surface area contributed by atoms with Crippen LogP contribution in [0.25, 0.3) is 0 Å². The van der Waals surface area contributed by atoms with Crippen molar-refractivity contribution in [2.75, 3.05) is 32.2 Å². The lowest BCUT2D eigenvalue weighted by Gasteiger charge is -2.23. The van der Waals surface area contributed by atoms with Crippen molar-refractivity contribution in [3.63, 3.8) is 0 Å². The van der Waals surface area contributed by atoms with Gasteiger partial charge in [0.2, 0.25) is 5.91 Å². The van der Waals surface area contributed by atoms with Crippen molar-refractivity contribution in [2.45, 2.75) is 6.04 Å². The Hall–Kier alpha value is -1.63. The fraction of sp³-hybridized carbons (Fsp3) is 0.385. The first-order valence-corrected chi connectivity index (χ1v) is 6.49. The topological polar surface area (TPSA) is 76.7 Å². The molecule has 0 aromatic heterocycles. The number of amides is 1. The van der Waals surface area contributed by atoms with Gasteiger partial charge in [-0.2, -0.15) is 0 Å². The zero-order valence-corrected chi connectivity index (χ0v) is 11.7. The number of rotatable bonds is 3. The van der Waals surface area contributed by atoms with Crippen molar-refractivity contribution < 1.29 is 19.1 Å². The second-order valence-electron chi connectivity index (χ2n) is 4.26. The number of esters is 1. The molecule has 1 amide bonds. The van der Waals surface area contributed by atoms with Crippen LogP contribution >= 0.6 is 11.6 Å². The zero-order chi connectivity index (χ0) is 14.5. The molecule has 1 fully saturated rings. The molecule has 0 saturated carbocycles. The van der Waals surface area contributed by atoms with Gasteiger partial charge in [-0.1, -0.05) is 11.6 Å². The van der Waals surface area contributed by atoms with Crippen LogP contribution in [0.2, 0.25) is 5.02 Å². The normalized spacial score (nSPS) is 18.4. The van der Waals surface area contributed by atoms with Crippen molar-refractivity contribution in [2.24, 2.45) is 0 Å². The van der Waals surface area contributed by atoms with Gasteiger partial charge in [0.05, 0.1) is 36.6 Å². The summed E-state index contributed by atoms with van der Waals surface area (Å²) in [6.45, 7) is 1.51. The molecule has 1 saturated heterocycles. The second kappa shape index (κ2) is 6.69. The van der Waals surface area contributed by atoms with Gasteiger partial charge in [-0.25, -0.2) is 4.79 Å². The maximum Gasteiger partial charge on any atom is 0.337 e. The van der Waals surface area contributed by atoms with Crippen LogP contribution in [0.5, 0.6) is 0 Å². The molecule has 7 heteroatoms. The predicted molar refractivity (Wildman–Crippen MR) is 74.0 cm³/mol. The highest BCUT2D eigenvalue weighted by molar-refractivity contribution is 6.34. The molecule has 6 nitrogen and oxygen atoms in total. The van der Waals surface area contributed by atoms with Crippen LogP contribution in [-0.2, 0) is 14.3 Å². The Morgan fingerprint density at radius 2 is 2.30 bits per heavy atom. The van der Waals surface area contributed by atoms with Gasteiger partial charge in [0.15, 0.2) is 0 Å². The fourth-order valence-electron chi connectivity index (χ4n) is 1.82. The van der Waals surface area contributed by atoms with Gasteiger partial charge in [0, 0.05) is 6.54 Å². The van der Waals surface area contributed by atoms with Gasteiger partial charge in [-0.15, -0.1) is 0 Å². The third-order valence-electron chi connectivity index (χ3n) is 2.88. The monoisotopic (exact) mass is 298 g/mol. The smallest absolute Gasteiger partial charge is 0.337 e. The van der Waals surface area contributed by atoms with Crippen LogP contribution in [0.4, 0.5) is 5.69 Å². The number of ether oxygens (including phenoxy) is 2. The van der Waals surface area contributed by atoms with Gasteiger partial charge < -0.3 is 20.1 Å². The number of benzene rings is 1. The van der Waals surface area contributed by atoms with E-state index in [2.05, 4.69) is 15.4 Å². The number of hydrogen-bond acceptors (Lipinski definition) is 5. The number of anilines is 1. The fourth-order valence-corrected chi connectivity index (χ4v) is 1.98. The largest absolute Gasteiger partial charge is 0.465 e. The maximum absolute atomic E-state index is 12.0. The Balaban J connectivity index is 2.11. The highest BCUT2D eigenvalue weighted by atomic mass is 35.5.